The minimum absolute atomic E-state index is 0.0856. The molecule has 0 atom stereocenters. The standard InChI is InChI=1S/C12H16ClF3N2/c1-11(2,6-7-13)8-17-10-5-3-4-9(18-10)12(14,15)16/h3-5H,6-8H2,1-2H3,(H,17,18). The maximum Gasteiger partial charge on any atom is 0.433 e. The van der Waals surface area contributed by atoms with E-state index in [1.807, 2.05) is 13.8 Å². The zero-order valence-electron chi connectivity index (χ0n) is 10.3. The van der Waals surface area contributed by atoms with Gasteiger partial charge in [-0.05, 0) is 24.0 Å². The average molecular weight is 281 g/mol. The molecule has 0 saturated heterocycles. The van der Waals surface area contributed by atoms with Gasteiger partial charge in [0.05, 0.1) is 0 Å². The lowest BCUT2D eigenvalue weighted by molar-refractivity contribution is -0.141. The number of anilines is 1. The van der Waals surface area contributed by atoms with Crippen LogP contribution in [0.2, 0.25) is 0 Å². The number of hydrogen-bond donors (Lipinski definition) is 1. The van der Waals surface area contributed by atoms with Gasteiger partial charge in [0.1, 0.15) is 11.5 Å². The minimum Gasteiger partial charge on any atom is -0.370 e. The van der Waals surface area contributed by atoms with Gasteiger partial charge in [0, 0.05) is 12.4 Å². The SMILES string of the molecule is CC(C)(CCCl)CNc1cccc(C(F)(F)F)n1. The van der Waals surface area contributed by atoms with Gasteiger partial charge in [-0.3, -0.25) is 0 Å². The van der Waals surface area contributed by atoms with Gasteiger partial charge in [-0.2, -0.15) is 13.2 Å². The van der Waals surface area contributed by atoms with Gasteiger partial charge in [0.15, 0.2) is 0 Å². The monoisotopic (exact) mass is 280 g/mol. The van der Waals surface area contributed by atoms with E-state index in [0.717, 1.165) is 12.5 Å². The molecule has 1 aromatic rings. The molecule has 0 saturated carbocycles. The third-order valence-corrected chi connectivity index (χ3v) is 2.75. The minimum atomic E-state index is -4.41. The zero-order valence-corrected chi connectivity index (χ0v) is 11.1. The quantitative estimate of drug-likeness (QED) is 0.819. The molecule has 1 heterocycles. The lowest BCUT2D eigenvalue weighted by atomic mass is 9.90. The first kappa shape index (κ1) is 15.1. The van der Waals surface area contributed by atoms with Crippen molar-refractivity contribution >= 4 is 17.4 Å². The average Bonchev–Trinajstić information content (AvgIpc) is 2.26. The molecule has 0 unspecified atom stereocenters. The number of pyridine rings is 1. The highest BCUT2D eigenvalue weighted by Crippen LogP contribution is 2.28. The molecule has 1 rings (SSSR count). The summed E-state index contributed by atoms with van der Waals surface area (Å²) in [4.78, 5) is 3.54. The summed E-state index contributed by atoms with van der Waals surface area (Å²) in [5, 5.41) is 2.91. The van der Waals surface area contributed by atoms with Crippen molar-refractivity contribution in [2.24, 2.45) is 5.41 Å². The summed E-state index contributed by atoms with van der Waals surface area (Å²) < 4.78 is 37.4. The molecule has 18 heavy (non-hydrogen) atoms. The lowest BCUT2D eigenvalue weighted by Crippen LogP contribution is -2.24. The first-order chi connectivity index (χ1) is 8.24. The van der Waals surface area contributed by atoms with Crippen molar-refractivity contribution in [3.05, 3.63) is 23.9 Å². The highest BCUT2D eigenvalue weighted by atomic mass is 35.5. The molecule has 0 amide bonds. The Kier molecular flexibility index (Phi) is 4.85. The Morgan fingerprint density at radius 1 is 1.28 bits per heavy atom. The molecule has 102 valence electrons. The number of hydrogen-bond acceptors (Lipinski definition) is 2. The summed E-state index contributed by atoms with van der Waals surface area (Å²) in [6.07, 6.45) is -3.64. The third-order valence-electron chi connectivity index (χ3n) is 2.56. The second-order valence-electron chi connectivity index (χ2n) is 4.86. The first-order valence-electron chi connectivity index (χ1n) is 5.59. The van der Waals surface area contributed by atoms with Crippen LogP contribution in [-0.2, 0) is 6.18 Å². The summed E-state index contributed by atoms with van der Waals surface area (Å²) >= 11 is 5.66. The van der Waals surface area contributed by atoms with Crippen LogP contribution in [0.25, 0.3) is 0 Å². The molecule has 0 aliphatic rings. The van der Waals surface area contributed by atoms with Crippen LogP contribution < -0.4 is 5.32 Å². The van der Waals surface area contributed by atoms with Crippen molar-refractivity contribution in [2.75, 3.05) is 17.7 Å². The van der Waals surface area contributed by atoms with Gasteiger partial charge in [-0.25, -0.2) is 4.98 Å². The van der Waals surface area contributed by atoms with Gasteiger partial charge in [0.25, 0.3) is 0 Å². The Hall–Kier alpha value is -0.970. The number of rotatable bonds is 5. The van der Waals surface area contributed by atoms with Gasteiger partial charge in [-0.15, -0.1) is 11.6 Å². The van der Waals surface area contributed by atoms with E-state index in [9.17, 15) is 13.2 Å². The van der Waals surface area contributed by atoms with Crippen LogP contribution >= 0.6 is 11.6 Å². The predicted octanol–water partition coefficient (Wildman–Crippen LogP) is 4.17. The van der Waals surface area contributed by atoms with Crippen molar-refractivity contribution in [3.63, 3.8) is 0 Å². The number of nitrogens with one attached hydrogen (secondary N) is 1. The molecule has 1 aromatic heterocycles. The molecule has 0 bridgehead atoms. The summed E-state index contributed by atoms with van der Waals surface area (Å²) in [5.41, 5.74) is -0.972. The van der Waals surface area contributed by atoms with Gasteiger partial charge in [0.2, 0.25) is 0 Å². The van der Waals surface area contributed by atoms with E-state index in [-0.39, 0.29) is 11.2 Å². The van der Waals surface area contributed by atoms with Crippen molar-refractivity contribution < 1.29 is 13.2 Å². The summed E-state index contributed by atoms with van der Waals surface area (Å²) in [5.74, 6) is 0.748. The summed E-state index contributed by atoms with van der Waals surface area (Å²) in [6.45, 7) is 4.51. The second-order valence-corrected chi connectivity index (χ2v) is 5.24. The molecule has 0 radical (unpaired) electrons. The highest BCUT2D eigenvalue weighted by Gasteiger charge is 2.32. The normalized spacial score (nSPS) is 12.6. The fourth-order valence-electron chi connectivity index (χ4n) is 1.37. The smallest absolute Gasteiger partial charge is 0.370 e. The largest absolute Gasteiger partial charge is 0.433 e. The summed E-state index contributed by atoms with van der Waals surface area (Å²) in [7, 11) is 0. The van der Waals surface area contributed by atoms with E-state index in [4.69, 9.17) is 11.6 Å². The number of aromatic nitrogens is 1. The van der Waals surface area contributed by atoms with Crippen molar-refractivity contribution in [3.8, 4) is 0 Å². The molecule has 0 aliphatic carbocycles. The van der Waals surface area contributed by atoms with Crippen LogP contribution in [0, 0.1) is 5.41 Å². The molecule has 1 N–H and O–H groups in total. The summed E-state index contributed by atoms with van der Waals surface area (Å²) in [6, 6.07) is 3.81. The molecular weight excluding hydrogens is 265 g/mol. The van der Waals surface area contributed by atoms with E-state index < -0.39 is 11.9 Å². The maximum atomic E-state index is 12.5. The first-order valence-corrected chi connectivity index (χ1v) is 6.12. The Balaban J connectivity index is 2.69. The van der Waals surface area contributed by atoms with E-state index in [2.05, 4.69) is 10.3 Å². The molecule has 0 aliphatic heterocycles. The Labute approximate surface area is 110 Å². The maximum absolute atomic E-state index is 12.5. The van der Waals surface area contributed by atoms with Crippen LogP contribution in [0.4, 0.5) is 19.0 Å². The van der Waals surface area contributed by atoms with Gasteiger partial charge < -0.3 is 5.32 Å². The van der Waals surface area contributed by atoms with Crippen molar-refractivity contribution in [2.45, 2.75) is 26.4 Å². The number of halogens is 4. The third kappa shape index (κ3) is 4.72. The Bertz CT molecular complexity index is 391. The molecule has 0 spiro atoms. The topological polar surface area (TPSA) is 24.9 Å². The Morgan fingerprint density at radius 3 is 2.50 bits per heavy atom. The van der Waals surface area contributed by atoms with Crippen molar-refractivity contribution in [1.29, 1.82) is 0 Å². The Morgan fingerprint density at radius 2 is 1.94 bits per heavy atom. The zero-order chi connectivity index (χ0) is 13.8. The second kappa shape index (κ2) is 5.78. The van der Waals surface area contributed by atoms with Crippen LogP contribution in [0.1, 0.15) is 26.0 Å². The molecule has 6 heteroatoms. The van der Waals surface area contributed by atoms with E-state index in [1.165, 1.54) is 12.1 Å². The van der Waals surface area contributed by atoms with Crippen molar-refractivity contribution in [1.82, 2.24) is 4.98 Å². The van der Waals surface area contributed by atoms with Gasteiger partial charge in [-0.1, -0.05) is 19.9 Å². The molecule has 2 nitrogen and oxygen atoms in total. The molecule has 0 fully saturated rings. The highest BCUT2D eigenvalue weighted by molar-refractivity contribution is 6.17. The van der Waals surface area contributed by atoms with Crippen LogP contribution in [0.15, 0.2) is 18.2 Å². The van der Waals surface area contributed by atoms with Crippen LogP contribution in [-0.4, -0.2) is 17.4 Å². The van der Waals surface area contributed by atoms with E-state index in [0.29, 0.717) is 12.4 Å². The molecular formula is C12H16ClF3N2. The number of nitrogens with zero attached hydrogens (tertiary/aromatic N) is 1. The number of alkyl halides is 4. The van der Waals surface area contributed by atoms with Gasteiger partial charge >= 0.3 is 6.18 Å². The van der Waals surface area contributed by atoms with E-state index in [1.54, 1.807) is 0 Å². The fraction of sp³-hybridized carbons (Fsp3) is 0.583. The fourth-order valence-corrected chi connectivity index (χ4v) is 1.88. The predicted molar refractivity (Wildman–Crippen MR) is 66.8 cm³/mol. The van der Waals surface area contributed by atoms with Crippen LogP contribution in [0.5, 0.6) is 0 Å². The van der Waals surface area contributed by atoms with E-state index >= 15 is 0 Å². The van der Waals surface area contributed by atoms with Crippen LogP contribution in [0.3, 0.4) is 0 Å². The molecule has 0 aromatic carbocycles. The lowest BCUT2D eigenvalue weighted by Gasteiger charge is -2.24.